The van der Waals surface area contributed by atoms with Gasteiger partial charge in [-0.2, -0.15) is 4.98 Å². The van der Waals surface area contributed by atoms with Crippen LogP contribution in [0.5, 0.6) is 5.75 Å². The minimum absolute atomic E-state index is 0.269. The Balaban J connectivity index is 1.53. The molecule has 0 bridgehead atoms. The zero-order chi connectivity index (χ0) is 22.8. The predicted octanol–water partition coefficient (Wildman–Crippen LogP) is 5.07. The molecular weight excluding hydrogens is 414 g/mol. The van der Waals surface area contributed by atoms with Gasteiger partial charge in [0.15, 0.2) is 5.65 Å². The van der Waals surface area contributed by atoms with Gasteiger partial charge in [0.1, 0.15) is 11.3 Å². The van der Waals surface area contributed by atoms with Crippen LogP contribution < -0.4 is 21.1 Å². The molecule has 1 saturated carbocycles. The second kappa shape index (κ2) is 9.07. The van der Waals surface area contributed by atoms with Crippen molar-refractivity contribution < 1.29 is 4.74 Å². The molecule has 1 aliphatic rings. The highest BCUT2D eigenvalue weighted by molar-refractivity contribution is 5.77. The Kier molecular flexibility index (Phi) is 5.83. The van der Waals surface area contributed by atoms with Gasteiger partial charge in [-0.15, -0.1) is 0 Å². The van der Waals surface area contributed by atoms with Crippen LogP contribution in [0.3, 0.4) is 0 Å². The summed E-state index contributed by atoms with van der Waals surface area (Å²) in [5.41, 5.74) is 10.9. The third-order valence-corrected chi connectivity index (χ3v) is 6.28. The number of anilines is 4. The summed E-state index contributed by atoms with van der Waals surface area (Å²) in [6.07, 6.45) is 5.77. The summed E-state index contributed by atoms with van der Waals surface area (Å²) >= 11 is 0. The topological polar surface area (TPSA) is 103 Å². The van der Waals surface area contributed by atoms with Crippen molar-refractivity contribution in [2.45, 2.75) is 44.7 Å². The van der Waals surface area contributed by atoms with E-state index in [1.165, 1.54) is 0 Å². The molecule has 8 nitrogen and oxygen atoms in total. The first-order chi connectivity index (χ1) is 16.1. The minimum atomic E-state index is 0.269. The molecule has 170 valence electrons. The number of aromatic nitrogens is 4. The van der Waals surface area contributed by atoms with Gasteiger partial charge in [-0.1, -0.05) is 18.2 Å². The van der Waals surface area contributed by atoms with E-state index in [1.807, 2.05) is 36.4 Å². The van der Waals surface area contributed by atoms with Crippen molar-refractivity contribution in [1.29, 1.82) is 0 Å². The first-order valence-corrected chi connectivity index (χ1v) is 11.3. The zero-order valence-electron chi connectivity index (χ0n) is 19.0. The van der Waals surface area contributed by atoms with Crippen molar-refractivity contribution in [1.82, 2.24) is 19.5 Å². The summed E-state index contributed by atoms with van der Waals surface area (Å²) in [6, 6.07) is 16.5. The number of ether oxygens (including phenoxy) is 1. The fourth-order valence-electron chi connectivity index (χ4n) is 4.38. The molecule has 33 heavy (non-hydrogen) atoms. The van der Waals surface area contributed by atoms with Crippen molar-refractivity contribution in [3.8, 4) is 5.75 Å². The highest BCUT2D eigenvalue weighted by Crippen LogP contribution is 2.35. The quantitative estimate of drug-likeness (QED) is 0.382. The molecule has 4 aromatic rings. The van der Waals surface area contributed by atoms with Crippen LogP contribution in [0.4, 0.5) is 23.3 Å². The summed E-state index contributed by atoms with van der Waals surface area (Å²) in [5, 5.41) is 6.83. The van der Waals surface area contributed by atoms with Crippen LogP contribution in [-0.2, 0) is 0 Å². The lowest BCUT2D eigenvalue weighted by molar-refractivity contribution is 0.330. The van der Waals surface area contributed by atoms with E-state index in [1.54, 1.807) is 13.3 Å². The Hall–Kier alpha value is -3.65. The summed E-state index contributed by atoms with van der Waals surface area (Å²) in [5.74, 6) is 2.12. The molecule has 2 aromatic heterocycles. The molecule has 0 saturated heterocycles. The Morgan fingerprint density at radius 1 is 0.970 bits per heavy atom. The van der Waals surface area contributed by atoms with Crippen LogP contribution in [0.15, 0.2) is 54.7 Å². The number of methoxy groups -OCH3 is 1. The summed E-state index contributed by atoms with van der Waals surface area (Å²) in [7, 11) is 1.65. The number of para-hydroxylation sites is 1. The van der Waals surface area contributed by atoms with E-state index in [4.69, 9.17) is 20.4 Å². The second-order valence-corrected chi connectivity index (χ2v) is 8.57. The lowest BCUT2D eigenvalue weighted by atomic mass is 9.91. The summed E-state index contributed by atoms with van der Waals surface area (Å²) < 4.78 is 7.47. The summed E-state index contributed by atoms with van der Waals surface area (Å²) in [4.78, 5) is 14.2. The van der Waals surface area contributed by atoms with Gasteiger partial charge in [0.05, 0.1) is 13.3 Å². The van der Waals surface area contributed by atoms with Crippen LogP contribution in [-0.4, -0.2) is 32.7 Å². The van der Waals surface area contributed by atoms with E-state index < -0.39 is 0 Å². The molecule has 0 atom stereocenters. The molecule has 0 amide bonds. The molecule has 2 heterocycles. The number of hydrogen-bond donors (Lipinski definition) is 3. The van der Waals surface area contributed by atoms with Gasteiger partial charge in [-0.3, -0.25) is 4.57 Å². The number of aryl methyl sites for hydroxylation is 1. The third kappa shape index (κ3) is 4.47. The van der Waals surface area contributed by atoms with Gasteiger partial charge >= 0.3 is 0 Å². The number of rotatable bonds is 6. The summed E-state index contributed by atoms with van der Waals surface area (Å²) in [6.45, 7) is 2.09. The van der Waals surface area contributed by atoms with Gasteiger partial charge in [-0.05, 0) is 68.5 Å². The fraction of sp³-hybridized carbons (Fsp3) is 0.320. The molecule has 1 fully saturated rings. The maximum Gasteiger partial charge on any atom is 0.229 e. The number of fused-ring (bicyclic) bond motifs is 1. The van der Waals surface area contributed by atoms with E-state index in [2.05, 4.69) is 39.2 Å². The highest BCUT2D eigenvalue weighted by atomic mass is 16.5. The number of hydrogen-bond acceptors (Lipinski definition) is 7. The molecule has 8 heteroatoms. The van der Waals surface area contributed by atoms with Gasteiger partial charge in [0.25, 0.3) is 0 Å². The molecule has 1 aliphatic carbocycles. The second-order valence-electron chi connectivity index (χ2n) is 8.57. The SMILES string of the molecule is COc1ccc(Nc2ncc3nc(Nc4ccccc4C)n(C4CCC(N)CC4)c3n2)cc1. The van der Waals surface area contributed by atoms with E-state index in [0.29, 0.717) is 5.95 Å². The van der Waals surface area contributed by atoms with E-state index in [-0.39, 0.29) is 12.1 Å². The number of nitrogens with zero attached hydrogens (tertiary/aromatic N) is 4. The van der Waals surface area contributed by atoms with Crippen molar-refractivity contribution in [2.24, 2.45) is 5.73 Å². The molecule has 0 radical (unpaired) electrons. The van der Waals surface area contributed by atoms with E-state index in [0.717, 1.165) is 65.5 Å². The first-order valence-electron chi connectivity index (χ1n) is 11.3. The number of nitrogens with two attached hydrogens (primary N) is 1. The van der Waals surface area contributed by atoms with Crippen molar-refractivity contribution in [2.75, 3.05) is 17.7 Å². The highest BCUT2D eigenvalue weighted by Gasteiger charge is 2.25. The largest absolute Gasteiger partial charge is 0.497 e. The Labute approximate surface area is 193 Å². The molecule has 0 aliphatic heterocycles. The fourth-order valence-corrected chi connectivity index (χ4v) is 4.38. The third-order valence-electron chi connectivity index (χ3n) is 6.28. The average Bonchev–Trinajstić information content (AvgIpc) is 3.19. The smallest absolute Gasteiger partial charge is 0.229 e. The van der Waals surface area contributed by atoms with Gasteiger partial charge in [0, 0.05) is 23.5 Å². The first kappa shape index (κ1) is 21.2. The lowest BCUT2D eigenvalue weighted by Crippen LogP contribution is -2.28. The number of nitrogens with one attached hydrogen (secondary N) is 2. The average molecular weight is 444 g/mol. The van der Waals surface area contributed by atoms with Crippen molar-refractivity contribution in [3.63, 3.8) is 0 Å². The Morgan fingerprint density at radius 2 is 1.73 bits per heavy atom. The van der Waals surface area contributed by atoms with Crippen molar-refractivity contribution in [3.05, 3.63) is 60.3 Å². The van der Waals surface area contributed by atoms with Crippen LogP contribution >= 0.6 is 0 Å². The van der Waals surface area contributed by atoms with Crippen LogP contribution in [0.2, 0.25) is 0 Å². The minimum Gasteiger partial charge on any atom is -0.497 e. The van der Waals surface area contributed by atoms with Crippen LogP contribution in [0.25, 0.3) is 11.2 Å². The number of imidazole rings is 1. The van der Waals surface area contributed by atoms with Crippen molar-refractivity contribution >= 4 is 34.4 Å². The standard InChI is InChI=1S/C25H29N7O/c1-16-5-3-4-6-21(16)29-25-30-22-15-27-24(28-18-9-13-20(33-2)14-10-18)31-23(22)32(25)19-11-7-17(26)8-12-19/h3-6,9-10,13-15,17,19H,7-8,11-12,26H2,1-2H3,(H,29,30)(H,27,28,31). The Bertz CT molecular complexity index is 1240. The van der Waals surface area contributed by atoms with Crippen LogP contribution in [0, 0.1) is 6.92 Å². The molecular formula is C25H29N7O. The van der Waals surface area contributed by atoms with Crippen LogP contribution in [0.1, 0.15) is 37.3 Å². The molecule has 4 N–H and O–H groups in total. The van der Waals surface area contributed by atoms with Gasteiger partial charge in [-0.25, -0.2) is 9.97 Å². The van der Waals surface area contributed by atoms with E-state index in [9.17, 15) is 0 Å². The maximum atomic E-state index is 6.19. The zero-order valence-corrected chi connectivity index (χ0v) is 19.0. The molecule has 0 spiro atoms. The predicted molar refractivity (Wildman–Crippen MR) is 132 cm³/mol. The molecule has 0 unspecified atom stereocenters. The number of benzene rings is 2. The van der Waals surface area contributed by atoms with E-state index >= 15 is 0 Å². The maximum absolute atomic E-state index is 6.19. The normalized spacial score (nSPS) is 18.3. The monoisotopic (exact) mass is 443 g/mol. The molecule has 5 rings (SSSR count). The van der Waals surface area contributed by atoms with Gasteiger partial charge in [0.2, 0.25) is 11.9 Å². The lowest BCUT2D eigenvalue weighted by Gasteiger charge is -2.28. The molecule has 2 aromatic carbocycles. The Morgan fingerprint density at radius 3 is 2.45 bits per heavy atom. The van der Waals surface area contributed by atoms with Gasteiger partial charge < -0.3 is 21.1 Å².